The molecule has 23 heavy (non-hydrogen) atoms. The van der Waals surface area contributed by atoms with Crippen LogP contribution >= 0.6 is 15.9 Å². The predicted molar refractivity (Wildman–Crippen MR) is 89.0 cm³/mol. The Morgan fingerprint density at radius 3 is 2.87 bits per heavy atom. The van der Waals surface area contributed by atoms with E-state index in [1.165, 1.54) is 6.20 Å². The number of fused-ring (bicyclic) bond motifs is 1. The van der Waals surface area contributed by atoms with Crippen molar-refractivity contribution in [2.75, 3.05) is 6.61 Å². The molecule has 0 radical (unpaired) electrons. The Morgan fingerprint density at radius 2 is 2.13 bits per heavy atom. The van der Waals surface area contributed by atoms with Crippen LogP contribution in [0.1, 0.15) is 28.5 Å². The SMILES string of the molecule is O=C(NC(CCO)c1ccccc1)c1nccn2ncc(Br)c12. The number of aliphatic hydroxyl groups excluding tert-OH is 1. The van der Waals surface area contributed by atoms with Crippen LogP contribution in [0.3, 0.4) is 0 Å². The molecule has 118 valence electrons. The van der Waals surface area contributed by atoms with Gasteiger partial charge in [-0.25, -0.2) is 9.50 Å². The highest BCUT2D eigenvalue weighted by molar-refractivity contribution is 9.10. The van der Waals surface area contributed by atoms with Crippen LogP contribution in [-0.2, 0) is 0 Å². The Labute approximate surface area is 141 Å². The number of nitrogens with one attached hydrogen (secondary N) is 1. The summed E-state index contributed by atoms with van der Waals surface area (Å²) in [5, 5.41) is 16.4. The van der Waals surface area contributed by atoms with E-state index in [-0.39, 0.29) is 24.2 Å². The van der Waals surface area contributed by atoms with Crippen molar-refractivity contribution in [1.82, 2.24) is 19.9 Å². The fraction of sp³-hybridized carbons (Fsp3) is 0.188. The van der Waals surface area contributed by atoms with E-state index in [4.69, 9.17) is 0 Å². The lowest BCUT2D eigenvalue weighted by atomic mass is 10.0. The fourth-order valence-corrected chi connectivity index (χ4v) is 2.90. The van der Waals surface area contributed by atoms with Gasteiger partial charge in [-0.15, -0.1) is 0 Å². The summed E-state index contributed by atoms with van der Waals surface area (Å²) in [5.41, 5.74) is 1.84. The highest BCUT2D eigenvalue weighted by Crippen LogP contribution is 2.21. The molecular formula is C16H15BrN4O2. The first-order valence-electron chi connectivity index (χ1n) is 7.15. The van der Waals surface area contributed by atoms with E-state index in [9.17, 15) is 9.90 Å². The summed E-state index contributed by atoms with van der Waals surface area (Å²) in [6.07, 6.45) is 5.26. The first-order valence-corrected chi connectivity index (χ1v) is 7.94. The van der Waals surface area contributed by atoms with Gasteiger partial charge in [0.25, 0.3) is 5.91 Å². The zero-order valence-electron chi connectivity index (χ0n) is 12.2. The molecule has 0 saturated heterocycles. The number of nitrogens with zero attached hydrogens (tertiary/aromatic N) is 3. The largest absolute Gasteiger partial charge is 0.396 e. The van der Waals surface area contributed by atoms with E-state index in [2.05, 4.69) is 31.3 Å². The molecule has 3 aromatic rings. The summed E-state index contributed by atoms with van der Waals surface area (Å²) in [5.74, 6) is -0.306. The first kappa shape index (κ1) is 15.6. The molecule has 1 unspecified atom stereocenters. The van der Waals surface area contributed by atoms with E-state index in [1.54, 1.807) is 16.9 Å². The molecule has 2 heterocycles. The Bertz CT molecular complexity index is 819. The zero-order valence-corrected chi connectivity index (χ0v) is 13.8. The van der Waals surface area contributed by atoms with Crippen molar-refractivity contribution in [3.8, 4) is 0 Å². The number of halogens is 1. The van der Waals surface area contributed by atoms with Gasteiger partial charge in [-0.3, -0.25) is 4.79 Å². The number of benzene rings is 1. The summed E-state index contributed by atoms with van der Waals surface area (Å²) in [7, 11) is 0. The van der Waals surface area contributed by atoms with Crippen LogP contribution in [0.15, 0.2) is 53.4 Å². The smallest absolute Gasteiger partial charge is 0.272 e. The van der Waals surface area contributed by atoms with Gasteiger partial charge in [0.05, 0.1) is 16.7 Å². The van der Waals surface area contributed by atoms with Crippen LogP contribution in [0.2, 0.25) is 0 Å². The molecule has 0 bridgehead atoms. The van der Waals surface area contributed by atoms with E-state index < -0.39 is 0 Å². The summed E-state index contributed by atoms with van der Waals surface area (Å²) in [6, 6.07) is 9.27. The molecule has 0 aliphatic heterocycles. The molecule has 2 aromatic heterocycles. The standard InChI is InChI=1S/C16H15BrN4O2/c17-12-10-19-21-8-7-18-14(15(12)21)16(23)20-13(6-9-22)11-4-2-1-3-5-11/h1-5,7-8,10,13,22H,6,9H2,(H,20,23). The Hall–Kier alpha value is -2.25. The average molecular weight is 375 g/mol. The maximum Gasteiger partial charge on any atom is 0.272 e. The summed E-state index contributed by atoms with van der Waals surface area (Å²) in [6.45, 7) is -0.0200. The molecule has 1 aromatic carbocycles. The van der Waals surface area contributed by atoms with Gasteiger partial charge in [0.15, 0.2) is 5.69 Å². The van der Waals surface area contributed by atoms with Gasteiger partial charge in [0.1, 0.15) is 5.52 Å². The van der Waals surface area contributed by atoms with Gasteiger partial charge in [-0.2, -0.15) is 5.10 Å². The van der Waals surface area contributed by atoms with E-state index in [1.807, 2.05) is 30.3 Å². The van der Waals surface area contributed by atoms with Crippen molar-refractivity contribution in [3.05, 3.63) is 64.7 Å². The van der Waals surface area contributed by atoms with Crippen molar-refractivity contribution in [2.24, 2.45) is 0 Å². The highest BCUT2D eigenvalue weighted by atomic mass is 79.9. The lowest BCUT2D eigenvalue weighted by Gasteiger charge is -2.18. The van der Waals surface area contributed by atoms with E-state index >= 15 is 0 Å². The Kier molecular flexibility index (Phi) is 4.68. The summed E-state index contributed by atoms with van der Waals surface area (Å²) in [4.78, 5) is 16.8. The summed E-state index contributed by atoms with van der Waals surface area (Å²) < 4.78 is 2.30. The summed E-state index contributed by atoms with van der Waals surface area (Å²) >= 11 is 3.38. The van der Waals surface area contributed by atoms with Crippen molar-refractivity contribution < 1.29 is 9.90 Å². The van der Waals surface area contributed by atoms with Gasteiger partial charge < -0.3 is 10.4 Å². The number of hydrogen-bond donors (Lipinski definition) is 2. The van der Waals surface area contributed by atoms with Gasteiger partial charge in [0.2, 0.25) is 0 Å². The number of amides is 1. The average Bonchev–Trinajstić information content (AvgIpc) is 2.97. The van der Waals surface area contributed by atoms with Crippen LogP contribution < -0.4 is 5.32 Å². The molecule has 3 rings (SSSR count). The zero-order chi connectivity index (χ0) is 16.2. The molecule has 6 nitrogen and oxygen atoms in total. The minimum atomic E-state index is -0.306. The van der Waals surface area contributed by atoms with Crippen LogP contribution in [-0.4, -0.2) is 32.2 Å². The van der Waals surface area contributed by atoms with Gasteiger partial charge in [-0.1, -0.05) is 30.3 Å². The molecule has 0 aliphatic carbocycles. The monoisotopic (exact) mass is 374 g/mol. The fourth-order valence-electron chi connectivity index (χ4n) is 2.44. The highest BCUT2D eigenvalue weighted by Gasteiger charge is 2.20. The molecule has 0 spiro atoms. The molecule has 1 atom stereocenters. The van der Waals surface area contributed by atoms with Crippen molar-refractivity contribution in [2.45, 2.75) is 12.5 Å². The number of rotatable bonds is 5. The third kappa shape index (κ3) is 3.25. The van der Waals surface area contributed by atoms with Crippen LogP contribution in [0.25, 0.3) is 5.52 Å². The second-order valence-corrected chi connectivity index (χ2v) is 5.86. The lowest BCUT2D eigenvalue weighted by Crippen LogP contribution is -2.30. The Balaban J connectivity index is 1.91. The predicted octanol–water partition coefficient (Wildman–Crippen LogP) is 2.35. The number of aliphatic hydroxyl groups is 1. The quantitative estimate of drug-likeness (QED) is 0.718. The van der Waals surface area contributed by atoms with E-state index in [0.717, 1.165) is 5.56 Å². The molecule has 0 aliphatic rings. The second-order valence-electron chi connectivity index (χ2n) is 5.01. The second kappa shape index (κ2) is 6.89. The first-order chi connectivity index (χ1) is 11.2. The van der Waals surface area contributed by atoms with Crippen molar-refractivity contribution in [1.29, 1.82) is 0 Å². The van der Waals surface area contributed by atoms with Crippen LogP contribution in [0.5, 0.6) is 0 Å². The minimum absolute atomic E-state index is 0.0200. The lowest BCUT2D eigenvalue weighted by molar-refractivity contribution is 0.0926. The van der Waals surface area contributed by atoms with Crippen LogP contribution in [0, 0.1) is 0 Å². The van der Waals surface area contributed by atoms with Crippen molar-refractivity contribution >= 4 is 27.4 Å². The minimum Gasteiger partial charge on any atom is -0.396 e. The third-order valence-corrected chi connectivity index (χ3v) is 4.11. The molecule has 1 amide bonds. The number of carbonyl (C=O) groups excluding carboxylic acids is 1. The molecular weight excluding hydrogens is 360 g/mol. The number of aromatic nitrogens is 3. The molecule has 0 fully saturated rings. The van der Waals surface area contributed by atoms with Gasteiger partial charge >= 0.3 is 0 Å². The topological polar surface area (TPSA) is 79.5 Å². The number of hydrogen-bond acceptors (Lipinski definition) is 4. The van der Waals surface area contributed by atoms with Crippen LogP contribution in [0.4, 0.5) is 0 Å². The van der Waals surface area contributed by atoms with Crippen molar-refractivity contribution in [3.63, 3.8) is 0 Å². The molecule has 0 saturated carbocycles. The maximum atomic E-state index is 12.7. The normalized spacial score (nSPS) is 12.3. The molecule has 7 heteroatoms. The maximum absolute atomic E-state index is 12.7. The number of carbonyl (C=O) groups is 1. The molecule has 2 N–H and O–H groups in total. The van der Waals surface area contributed by atoms with E-state index in [0.29, 0.717) is 16.4 Å². The van der Waals surface area contributed by atoms with Gasteiger partial charge in [-0.05, 0) is 27.9 Å². The van der Waals surface area contributed by atoms with Gasteiger partial charge in [0, 0.05) is 19.0 Å². The Morgan fingerprint density at radius 1 is 1.35 bits per heavy atom. The third-order valence-electron chi connectivity index (χ3n) is 3.53.